The van der Waals surface area contributed by atoms with Gasteiger partial charge in [-0.25, -0.2) is 0 Å². The molecule has 0 aliphatic carbocycles. The fourth-order valence-corrected chi connectivity index (χ4v) is 2.45. The number of carbonyl (C=O) groups excluding carboxylic acids is 1. The second-order valence-corrected chi connectivity index (χ2v) is 5.39. The standard InChI is InChI=1S/C20H17NO/c1-14-5-7-15(8-6-14)16-9-11-17(12-10-16)18-3-2-4-19(13-18)20(21)22/h2-13H,1H3,(H2,21,22). The van der Waals surface area contributed by atoms with Crippen LogP contribution in [0, 0.1) is 6.92 Å². The Hall–Kier alpha value is -2.87. The van der Waals surface area contributed by atoms with E-state index in [4.69, 9.17) is 5.73 Å². The molecule has 0 aromatic heterocycles. The van der Waals surface area contributed by atoms with Crippen LogP contribution in [0.1, 0.15) is 15.9 Å². The van der Waals surface area contributed by atoms with Crippen molar-refractivity contribution in [2.45, 2.75) is 6.92 Å². The summed E-state index contributed by atoms with van der Waals surface area (Å²) in [6.07, 6.45) is 0. The zero-order valence-electron chi connectivity index (χ0n) is 12.4. The molecule has 3 rings (SSSR count). The number of hydrogen-bond acceptors (Lipinski definition) is 1. The molecule has 1 amide bonds. The Morgan fingerprint density at radius 2 is 1.23 bits per heavy atom. The van der Waals surface area contributed by atoms with Gasteiger partial charge in [0.2, 0.25) is 5.91 Å². The molecule has 3 aromatic carbocycles. The Labute approximate surface area is 130 Å². The lowest BCUT2D eigenvalue weighted by Gasteiger charge is -2.06. The number of primary amides is 1. The summed E-state index contributed by atoms with van der Waals surface area (Å²) >= 11 is 0. The molecule has 0 radical (unpaired) electrons. The molecule has 0 heterocycles. The molecule has 0 saturated heterocycles. The third-order valence-electron chi connectivity index (χ3n) is 3.75. The summed E-state index contributed by atoms with van der Waals surface area (Å²) in [4.78, 5) is 11.3. The van der Waals surface area contributed by atoms with Crippen molar-refractivity contribution in [3.8, 4) is 22.3 Å². The predicted molar refractivity (Wildman–Crippen MR) is 90.6 cm³/mol. The highest BCUT2D eigenvalue weighted by molar-refractivity contribution is 5.94. The second kappa shape index (κ2) is 5.86. The molecule has 108 valence electrons. The van der Waals surface area contributed by atoms with Crippen LogP contribution in [0.15, 0.2) is 72.8 Å². The molecule has 22 heavy (non-hydrogen) atoms. The van der Waals surface area contributed by atoms with Crippen LogP contribution in [0.3, 0.4) is 0 Å². The van der Waals surface area contributed by atoms with Crippen LogP contribution in [-0.4, -0.2) is 5.91 Å². The van der Waals surface area contributed by atoms with Gasteiger partial charge in [0, 0.05) is 5.56 Å². The average molecular weight is 287 g/mol. The molecular weight excluding hydrogens is 270 g/mol. The molecule has 2 nitrogen and oxygen atoms in total. The number of rotatable bonds is 3. The molecule has 0 spiro atoms. The van der Waals surface area contributed by atoms with Crippen molar-refractivity contribution < 1.29 is 4.79 Å². The van der Waals surface area contributed by atoms with E-state index in [1.165, 1.54) is 16.7 Å². The minimum atomic E-state index is -0.405. The minimum absolute atomic E-state index is 0.405. The lowest BCUT2D eigenvalue weighted by molar-refractivity contribution is 0.100. The van der Waals surface area contributed by atoms with Gasteiger partial charge in [-0.15, -0.1) is 0 Å². The van der Waals surface area contributed by atoms with Crippen LogP contribution >= 0.6 is 0 Å². The van der Waals surface area contributed by atoms with Crippen LogP contribution < -0.4 is 5.73 Å². The highest BCUT2D eigenvalue weighted by atomic mass is 16.1. The summed E-state index contributed by atoms with van der Waals surface area (Å²) in [5.74, 6) is -0.405. The first kappa shape index (κ1) is 14.1. The van der Waals surface area contributed by atoms with E-state index in [0.29, 0.717) is 5.56 Å². The Morgan fingerprint density at radius 1 is 0.727 bits per heavy atom. The first-order chi connectivity index (χ1) is 10.6. The average Bonchev–Trinajstić information content (AvgIpc) is 2.56. The van der Waals surface area contributed by atoms with E-state index in [0.717, 1.165) is 11.1 Å². The lowest BCUT2D eigenvalue weighted by atomic mass is 9.98. The molecule has 0 unspecified atom stereocenters. The van der Waals surface area contributed by atoms with Crippen LogP contribution in [-0.2, 0) is 0 Å². The lowest BCUT2D eigenvalue weighted by Crippen LogP contribution is -2.10. The largest absolute Gasteiger partial charge is 0.366 e. The topological polar surface area (TPSA) is 43.1 Å². The normalized spacial score (nSPS) is 10.4. The van der Waals surface area contributed by atoms with E-state index in [-0.39, 0.29) is 0 Å². The molecule has 0 atom stereocenters. The van der Waals surface area contributed by atoms with Gasteiger partial charge in [0.05, 0.1) is 0 Å². The third kappa shape index (κ3) is 2.91. The Morgan fingerprint density at radius 3 is 1.77 bits per heavy atom. The van der Waals surface area contributed by atoms with Crippen molar-refractivity contribution in [3.63, 3.8) is 0 Å². The number of hydrogen-bond donors (Lipinski definition) is 1. The van der Waals surface area contributed by atoms with Gasteiger partial charge in [-0.1, -0.05) is 66.2 Å². The zero-order valence-corrected chi connectivity index (χ0v) is 12.4. The van der Waals surface area contributed by atoms with Crippen LogP contribution in [0.25, 0.3) is 22.3 Å². The molecule has 0 bridgehead atoms. The summed E-state index contributed by atoms with van der Waals surface area (Å²) in [5.41, 5.74) is 11.5. The maximum absolute atomic E-state index is 11.3. The smallest absolute Gasteiger partial charge is 0.248 e. The van der Waals surface area contributed by atoms with Gasteiger partial charge in [0.15, 0.2) is 0 Å². The Kier molecular flexibility index (Phi) is 3.75. The van der Waals surface area contributed by atoms with Crippen molar-refractivity contribution in [1.29, 1.82) is 0 Å². The van der Waals surface area contributed by atoms with Gasteiger partial charge in [-0.2, -0.15) is 0 Å². The molecule has 0 fully saturated rings. The van der Waals surface area contributed by atoms with E-state index >= 15 is 0 Å². The highest BCUT2D eigenvalue weighted by Crippen LogP contribution is 2.25. The fraction of sp³-hybridized carbons (Fsp3) is 0.0500. The van der Waals surface area contributed by atoms with Crippen molar-refractivity contribution in [2.24, 2.45) is 5.73 Å². The Balaban J connectivity index is 1.92. The van der Waals surface area contributed by atoms with Crippen LogP contribution in [0.4, 0.5) is 0 Å². The number of amides is 1. The number of nitrogens with two attached hydrogens (primary N) is 1. The van der Waals surface area contributed by atoms with Crippen molar-refractivity contribution in [1.82, 2.24) is 0 Å². The quantitative estimate of drug-likeness (QED) is 0.761. The summed E-state index contributed by atoms with van der Waals surface area (Å²) in [5, 5.41) is 0. The number of aryl methyl sites for hydroxylation is 1. The van der Waals surface area contributed by atoms with Gasteiger partial charge >= 0.3 is 0 Å². The third-order valence-corrected chi connectivity index (χ3v) is 3.75. The van der Waals surface area contributed by atoms with Gasteiger partial charge in [-0.05, 0) is 41.3 Å². The summed E-state index contributed by atoms with van der Waals surface area (Å²) < 4.78 is 0. The molecular formula is C20H17NO. The van der Waals surface area contributed by atoms with Gasteiger partial charge < -0.3 is 5.73 Å². The van der Waals surface area contributed by atoms with Crippen LogP contribution in [0.2, 0.25) is 0 Å². The number of carbonyl (C=O) groups is 1. The molecule has 2 N–H and O–H groups in total. The van der Waals surface area contributed by atoms with Gasteiger partial charge in [-0.3, -0.25) is 4.79 Å². The van der Waals surface area contributed by atoms with Crippen LogP contribution in [0.5, 0.6) is 0 Å². The monoisotopic (exact) mass is 287 g/mol. The van der Waals surface area contributed by atoms with Gasteiger partial charge in [0.25, 0.3) is 0 Å². The molecule has 0 aliphatic rings. The van der Waals surface area contributed by atoms with Crippen molar-refractivity contribution in [3.05, 3.63) is 83.9 Å². The van der Waals surface area contributed by atoms with E-state index in [9.17, 15) is 4.79 Å². The zero-order chi connectivity index (χ0) is 15.5. The first-order valence-corrected chi connectivity index (χ1v) is 7.21. The summed E-state index contributed by atoms with van der Waals surface area (Å²) in [7, 11) is 0. The Bertz CT molecular complexity index is 802. The molecule has 2 heteroatoms. The minimum Gasteiger partial charge on any atom is -0.366 e. The van der Waals surface area contributed by atoms with E-state index in [1.807, 2.05) is 18.2 Å². The first-order valence-electron chi connectivity index (χ1n) is 7.21. The summed E-state index contributed by atoms with van der Waals surface area (Å²) in [6.45, 7) is 2.08. The molecule has 3 aromatic rings. The van der Waals surface area contributed by atoms with E-state index < -0.39 is 5.91 Å². The van der Waals surface area contributed by atoms with E-state index in [2.05, 4.69) is 55.5 Å². The second-order valence-electron chi connectivity index (χ2n) is 5.39. The highest BCUT2D eigenvalue weighted by Gasteiger charge is 2.04. The maximum Gasteiger partial charge on any atom is 0.248 e. The number of benzene rings is 3. The SMILES string of the molecule is Cc1ccc(-c2ccc(-c3cccc(C(N)=O)c3)cc2)cc1. The summed E-state index contributed by atoms with van der Waals surface area (Å²) in [6, 6.07) is 24.2. The van der Waals surface area contributed by atoms with Crippen molar-refractivity contribution in [2.75, 3.05) is 0 Å². The molecule has 0 saturated carbocycles. The fourth-order valence-electron chi connectivity index (χ4n) is 2.45. The van der Waals surface area contributed by atoms with Gasteiger partial charge in [0.1, 0.15) is 0 Å². The maximum atomic E-state index is 11.3. The van der Waals surface area contributed by atoms with Crippen molar-refractivity contribution >= 4 is 5.91 Å². The molecule has 0 aliphatic heterocycles. The predicted octanol–water partition coefficient (Wildman–Crippen LogP) is 4.43. The van der Waals surface area contributed by atoms with E-state index in [1.54, 1.807) is 6.07 Å².